The first-order valence-electron chi connectivity index (χ1n) is 11.0. The first kappa shape index (κ1) is 24.6. The van der Waals surface area contributed by atoms with Crippen molar-refractivity contribution in [3.63, 3.8) is 0 Å². The Kier molecular flexibility index (Phi) is 6.97. The highest BCUT2D eigenvalue weighted by Gasteiger charge is 2.46. The van der Waals surface area contributed by atoms with Crippen LogP contribution in [0.3, 0.4) is 0 Å². The van der Waals surface area contributed by atoms with Gasteiger partial charge in [-0.2, -0.15) is 5.26 Å². The molecule has 0 N–H and O–H groups in total. The van der Waals surface area contributed by atoms with E-state index < -0.39 is 25.8 Å². The minimum absolute atomic E-state index is 0.250. The van der Waals surface area contributed by atoms with E-state index in [9.17, 15) is 0 Å². The maximum absolute atomic E-state index is 15.8. The summed E-state index contributed by atoms with van der Waals surface area (Å²) in [7, 11) is -2.27. The number of fused-ring (bicyclic) bond motifs is 1. The lowest BCUT2D eigenvalue weighted by Gasteiger charge is -2.44. The van der Waals surface area contributed by atoms with E-state index in [1.807, 2.05) is 25.3 Å². The van der Waals surface area contributed by atoms with Crippen LogP contribution in [-0.2, 0) is 0 Å². The Bertz CT molecular complexity index is 1170. The number of aromatic nitrogens is 2. The van der Waals surface area contributed by atoms with E-state index in [1.54, 1.807) is 12.1 Å². The van der Waals surface area contributed by atoms with E-state index in [0.29, 0.717) is 37.6 Å². The van der Waals surface area contributed by atoms with Gasteiger partial charge in [-0.05, 0) is 62.5 Å². The fourth-order valence-electron chi connectivity index (χ4n) is 5.78. The molecule has 0 spiro atoms. The van der Waals surface area contributed by atoms with Crippen LogP contribution in [0.25, 0.3) is 10.9 Å². The number of rotatable bonds is 6. The van der Waals surface area contributed by atoms with Gasteiger partial charge in [0.05, 0.1) is 5.52 Å². The quantitative estimate of drug-likeness (QED) is 0.244. The Balaban J connectivity index is 2.33. The molecule has 0 aliphatic heterocycles. The van der Waals surface area contributed by atoms with E-state index in [4.69, 9.17) is 5.26 Å². The molecule has 0 radical (unpaired) electrons. The first-order chi connectivity index (χ1) is 15.0. The third kappa shape index (κ3) is 3.62. The summed E-state index contributed by atoms with van der Waals surface area (Å²) in [4.78, 5) is 3.99. The van der Waals surface area contributed by atoms with E-state index in [2.05, 4.69) is 66.7 Å². The summed E-state index contributed by atoms with van der Waals surface area (Å²) in [6, 6.07) is 7.27. The summed E-state index contributed by atoms with van der Waals surface area (Å²) in [5.41, 5.74) is 2.61. The van der Waals surface area contributed by atoms with E-state index >= 15 is 8.78 Å². The maximum atomic E-state index is 15.8. The molecule has 3 rings (SSSR count). The Hall–Kier alpha value is -2.04. The fraction of sp³-hybridized carbons (Fsp3) is 0.440. The SMILES string of the molecule is CC(c1ccnc(C#N)c1)c1c(F)c(F)c2c(ccn2[Si](C(C)C)(C(C)C)C(C)C)c1Br. The highest BCUT2D eigenvalue weighted by molar-refractivity contribution is 9.10. The van der Waals surface area contributed by atoms with Gasteiger partial charge in [0.25, 0.3) is 0 Å². The van der Waals surface area contributed by atoms with Gasteiger partial charge in [0.15, 0.2) is 19.9 Å². The highest BCUT2D eigenvalue weighted by Crippen LogP contribution is 2.47. The van der Waals surface area contributed by atoms with Crippen molar-refractivity contribution in [1.82, 2.24) is 9.22 Å². The predicted octanol–water partition coefficient (Wildman–Crippen LogP) is 8.12. The van der Waals surface area contributed by atoms with Gasteiger partial charge in [0.1, 0.15) is 11.8 Å². The molecule has 1 atom stereocenters. The average Bonchev–Trinajstić information content (AvgIpc) is 3.17. The Morgan fingerprint density at radius 3 is 2.12 bits per heavy atom. The third-order valence-electron chi connectivity index (χ3n) is 7.02. The van der Waals surface area contributed by atoms with Crippen LogP contribution in [0.4, 0.5) is 8.78 Å². The van der Waals surface area contributed by atoms with Crippen LogP contribution in [0, 0.1) is 23.0 Å². The molecule has 2 heterocycles. The van der Waals surface area contributed by atoms with Gasteiger partial charge in [-0.15, -0.1) is 0 Å². The molecule has 0 fully saturated rings. The second-order valence-electron chi connectivity index (χ2n) is 9.46. The number of halogens is 3. The highest BCUT2D eigenvalue weighted by atomic mass is 79.9. The van der Waals surface area contributed by atoms with Crippen molar-refractivity contribution in [3.05, 3.63) is 63.5 Å². The number of hydrogen-bond acceptors (Lipinski definition) is 2. The fourth-order valence-corrected chi connectivity index (χ4v) is 13.2. The van der Waals surface area contributed by atoms with E-state index in [-0.39, 0.29) is 11.3 Å². The van der Waals surface area contributed by atoms with Gasteiger partial charge < -0.3 is 4.23 Å². The summed E-state index contributed by atoms with van der Waals surface area (Å²) in [5.74, 6) is -2.10. The summed E-state index contributed by atoms with van der Waals surface area (Å²) < 4.78 is 34.2. The first-order valence-corrected chi connectivity index (χ1v) is 14.0. The predicted molar refractivity (Wildman–Crippen MR) is 132 cm³/mol. The summed E-state index contributed by atoms with van der Waals surface area (Å²) in [6.07, 6.45) is 3.48. The van der Waals surface area contributed by atoms with Gasteiger partial charge >= 0.3 is 0 Å². The summed E-state index contributed by atoms with van der Waals surface area (Å²) >= 11 is 3.61. The second kappa shape index (κ2) is 9.07. The molecule has 0 amide bonds. The van der Waals surface area contributed by atoms with Gasteiger partial charge in [-0.1, -0.05) is 48.5 Å². The van der Waals surface area contributed by atoms with E-state index in [0.717, 1.165) is 0 Å². The monoisotopic (exact) mass is 517 g/mol. The van der Waals surface area contributed by atoms with Crippen LogP contribution in [0.2, 0.25) is 16.6 Å². The Morgan fingerprint density at radius 2 is 1.59 bits per heavy atom. The van der Waals surface area contributed by atoms with Gasteiger partial charge in [-0.25, -0.2) is 13.8 Å². The van der Waals surface area contributed by atoms with E-state index in [1.165, 1.54) is 6.20 Å². The number of benzene rings is 1. The standard InChI is InChI=1S/C25H30BrF2N3Si/c1-14(2)32(15(3)4,16(5)6)31-11-9-20-22(26)21(23(27)24(28)25(20)31)17(7)18-8-10-30-19(12-18)13-29/h8-12,14-17H,1-7H3. The smallest absolute Gasteiger partial charge is 0.182 e. The number of nitriles is 1. The van der Waals surface area contributed by atoms with Crippen LogP contribution >= 0.6 is 15.9 Å². The van der Waals surface area contributed by atoms with Crippen LogP contribution in [0.1, 0.15) is 71.2 Å². The van der Waals surface area contributed by atoms with Crippen molar-refractivity contribution in [2.75, 3.05) is 0 Å². The second-order valence-corrected chi connectivity index (χ2v) is 16.0. The van der Waals surface area contributed by atoms with Crippen molar-refractivity contribution in [2.24, 2.45) is 0 Å². The van der Waals surface area contributed by atoms with Gasteiger partial charge in [0.2, 0.25) is 0 Å². The zero-order chi connectivity index (χ0) is 24.0. The molecular formula is C25H30BrF2N3Si. The Morgan fingerprint density at radius 1 is 1.00 bits per heavy atom. The molecule has 170 valence electrons. The van der Waals surface area contributed by atoms with Crippen LogP contribution in [0.5, 0.6) is 0 Å². The normalized spacial score (nSPS) is 13.4. The molecule has 3 aromatic rings. The third-order valence-corrected chi connectivity index (χ3v) is 14.6. The minimum atomic E-state index is -2.27. The molecule has 1 unspecified atom stereocenters. The molecular weight excluding hydrogens is 488 g/mol. The van der Waals surface area contributed by atoms with Crippen LogP contribution < -0.4 is 0 Å². The van der Waals surface area contributed by atoms with Gasteiger partial charge in [-0.3, -0.25) is 0 Å². The number of hydrogen-bond donors (Lipinski definition) is 0. The summed E-state index contributed by atoms with van der Waals surface area (Å²) in [6.45, 7) is 15.0. The molecule has 3 nitrogen and oxygen atoms in total. The molecule has 0 aliphatic rings. The average molecular weight is 519 g/mol. The number of pyridine rings is 1. The zero-order valence-corrected chi connectivity index (χ0v) is 22.3. The molecule has 0 saturated carbocycles. The lowest BCUT2D eigenvalue weighted by Crippen LogP contribution is -2.51. The topological polar surface area (TPSA) is 41.6 Å². The minimum Gasteiger partial charge on any atom is -0.371 e. The molecule has 0 bridgehead atoms. The molecule has 7 heteroatoms. The molecule has 0 aliphatic carbocycles. The van der Waals surface area contributed by atoms with Gasteiger partial charge in [0, 0.05) is 27.5 Å². The maximum Gasteiger partial charge on any atom is 0.182 e. The largest absolute Gasteiger partial charge is 0.371 e. The van der Waals surface area contributed by atoms with Crippen molar-refractivity contribution < 1.29 is 8.78 Å². The summed E-state index contributed by atoms with van der Waals surface area (Å²) in [5, 5.41) is 9.85. The van der Waals surface area contributed by atoms with Crippen LogP contribution in [0.15, 0.2) is 35.1 Å². The lowest BCUT2D eigenvalue weighted by molar-refractivity contribution is 0.500. The molecule has 32 heavy (non-hydrogen) atoms. The zero-order valence-electron chi connectivity index (χ0n) is 19.7. The molecule has 1 aromatic carbocycles. The number of nitrogens with zero attached hydrogens (tertiary/aromatic N) is 3. The molecule has 2 aromatic heterocycles. The van der Waals surface area contributed by atoms with Crippen LogP contribution in [-0.4, -0.2) is 17.5 Å². The molecule has 0 saturated heterocycles. The van der Waals surface area contributed by atoms with Crippen molar-refractivity contribution in [1.29, 1.82) is 5.26 Å². The lowest BCUT2D eigenvalue weighted by atomic mass is 9.92. The van der Waals surface area contributed by atoms with Crippen molar-refractivity contribution in [2.45, 2.75) is 71.0 Å². The Labute approximate surface area is 198 Å². The van der Waals surface area contributed by atoms with Crippen molar-refractivity contribution in [3.8, 4) is 6.07 Å². The van der Waals surface area contributed by atoms with Crippen molar-refractivity contribution >= 4 is 35.1 Å².